The van der Waals surface area contributed by atoms with Crippen molar-refractivity contribution in [2.75, 3.05) is 7.11 Å². The molecular formula is C27H37N3O3. The van der Waals surface area contributed by atoms with Gasteiger partial charge in [-0.3, -0.25) is 9.59 Å². The molecule has 3 aliphatic rings. The zero-order valence-corrected chi connectivity index (χ0v) is 20.2. The number of hydrogen-bond acceptors (Lipinski definition) is 3. The van der Waals surface area contributed by atoms with Crippen molar-refractivity contribution in [3.05, 3.63) is 30.0 Å². The molecule has 0 saturated heterocycles. The molecule has 0 radical (unpaired) electrons. The third-order valence-corrected chi connectivity index (χ3v) is 8.37. The zero-order chi connectivity index (χ0) is 23.2. The van der Waals surface area contributed by atoms with E-state index in [9.17, 15) is 9.59 Å². The van der Waals surface area contributed by atoms with Gasteiger partial charge in [-0.2, -0.15) is 0 Å². The minimum absolute atomic E-state index is 0.00378. The van der Waals surface area contributed by atoms with Crippen LogP contribution in [0.15, 0.2) is 24.3 Å². The lowest BCUT2D eigenvalue weighted by atomic mass is 9.80. The lowest BCUT2D eigenvalue weighted by Gasteiger charge is -2.51. The Kier molecular flexibility index (Phi) is 5.87. The van der Waals surface area contributed by atoms with Crippen LogP contribution in [0.5, 0.6) is 5.75 Å². The molecule has 2 amide bonds. The number of aromatic nitrogens is 1. The van der Waals surface area contributed by atoms with Gasteiger partial charge in [-0.15, -0.1) is 0 Å². The summed E-state index contributed by atoms with van der Waals surface area (Å²) in [6.07, 6.45) is 10.0. The largest absolute Gasteiger partial charge is 0.497 e. The number of hydrogen-bond donors (Lipinski definition) is 1. The van der Waals surface area contributed by atoms with Crippen LogP contribution in [0.2, 0.25) is 0 Å². The molecule has 6 nitrogen and oxygen atoms in total. The first kappa shape index (κ1) is 22.3. The minimum Gasteiger partial charge on any atom is -0.497 e. The van der Waals surface area contributed by atoms with Crippen LogP contribution in [0.1, 0.15) is 82.1 Å². The molecule has 33 heavy (non-hydrogen) atoms. The maximum Gasteiger partial charge on any atom is 0.271 e. The predicted octanol–water partition coefficient (Wildman–Crippen LogP) is 4.89. The number of methoxy groups -OCH3 is 1. The van der Waals surface area contributed by atoms with Gasteiger partial charge in [0.05, 0.1) is 19.2 Å². The Labute approximate surface area is 196 Å². The number of nitrogens with zero attached hydrogens (tertiary/aromatic N) is 2. The highest BCUT2D eigenvalue weighted by atomic mass is 16.5. The van der Waals surface area contributed by atoms with Crippen LogP contribution in [-0.2, 0) is 11.3 Å². The van der Waals surface area contributed by atoms with E-state index in [4.69, 9.17) is 4.74 Å². The van der Waals surface area contributed by atoms with E-state index in [0.29, 0.717) is 18.2 Å². The van der Waals surface area contributed by atoms with Crippen molar-refractivity contribution in [3.63, 3.8) is 0 Å². The maximum atomic E-state index is 14.1. The second-order valence-electron chi connectivity index (χ2n) is 10.6. The van der Waals surface area contributed by atoms with Gasteiger partial charge in [0.1, 0.15) is 17.0 Å². The Balaban J connectivity index is 1.58. The zero-order valence-electron chi connectivity index (χ0n) is 20.2. The third-order valence-electron chi connectivity index (χ3n) is 8.37. The molecule has 5 rings (SSSR count). The second-order valence-corrected chi connectivity index (χ2v) is 10.6. The van der Waals surface area contributed by atoms with Gasteiger partial charge >= 0.3 is 0 Å². The first-order valence-corrected chi connectivity index (χ1v) is 12.7. The smallest absolute Gasteiger partial charge is 0.271 e. The van der Waals surface area contributed by atoms with Crippen molar-refractivity contribution >= 4 is 22.7 Å². The van der Waals surface area contributed by atoms with Crippen LogP contribution in [0, 0.1) is 5.92 Å². The van der Waals surface area contributed by atoms with Crippen molar-refractivity contribution in [1.29, 1.82) is 0 Å². The quantitative estimate of drug-likeness (QED) is 0.720. The summed E-state index contributed by atoms with van der Waals surface area (Å²) in [7, 11) is 1.65. The molecule has 3 atom stereocenters. The Morgan fingerprint density at radius 3 is 2.52 bits per heavy atom. The molecule has 2 aromatic rings. The van der Waals surface area contributed by atoms with Gasteiger partial charge < -0.3 is 19.5 Å². The summed E-state index contributed by atoms with van der Waals surface area (Å²) in [5, 5.41) is 4.36. The normalized spacial score (nSPS) is 28.6. The van der Waals surface area contributed by atoms with Crippen molar-refractivity contribution in [2.24, 2.45) is 5.92 Å². The highest BCUT2D eigenvalue weighted by Gasteiger charge is 2.51. The van der Waals surface area contributed by atoms with Gasteiger partial charge in [-0.1, -0.05) is 39.0 Å². The molecule has 1 aromatic heterocycles. The first-order valence-electron chi connectivity index (χ1n) is 12.7. The van der Waals surface area contributed by atoms with Crippen LogP contribution in [0.25, 0.3) is 10.9 Å². The van der Waals surface area contributed by atoms with Crippen molar-refractivity contribution in [1.82, 2.24) is 14.8 Å². The Morgan fingerprint density at radius 1 is 1.06 bits per heavy atom. The molecule has 6 heteroatoms. The number of ether oxygens (including phenoxy) is 1. The summed E-state index contributed by atoms with van der Waals surface area (Å²) >= 11 is 0. The molecule has 0 unspecified atom stereocenters. The molecule has 2 fully saturated rings. The van der Waals surface area contributed by atoms with E-state index in [1.807, 2.05) is 40.7 Å². The summed E-state index contributed by atoms with van der Waals surface area (Å²) in [6.45, 7) is 4.69. The van der Waals surface area contributed by atoms with E-state index in [2.05, 4.69) is 12.2 Å². The van der Waals surface area contributed by atoms with Crippen LogP contribution >= 0.6 is 0 Å². The highest BCUT2D eigenvalue weighted by molar-refractivity contribution is 6.04. The van der Waals surface area contributed by atoms with E-state index in [-0.39, 0.29) is 23.9 Å². The van der Waals surface area contributed by atoms with Gasteiger partial charge in [0.2, 0.25) is 5.91 Å². The number of amides is 2. The molecular weight excluding hydrogens is 414 g/mol. The Morgan fingerprint density at radius 2 is 1.79 bits per heavy atom. The second kappa shape index (κ2) is 8.69. The van der Waals surface area contributed by atoms with Crippen LogP contribution in [-0.4, -0.2) is 46.0 Å². The lowest BCUT2D eigenvalue weighted by Crippen LogP contribution is -2.68. The molecule has 1 aliphatic heterocycles. The highest BCUT2D eigenvalue weighted by Crippen LogP contribution is 2.40. The molecule has 178 valence electrons. The summed E-state index contributed by atoms with van der Waals surface area (Å²) in [5.41, 5.74) is 0.706. The number of rotatable bonds is 4. The van der Waals surface area contributed by atoms with Gasteiger partial charge in [0.25, 0.3) is 5.91 Å². The van der Waals surface area contributed by atoms with Gasteiger partial charge in [0, 0.05) is 23.5 Å². The lowest BCUT2D eigenvalue weighted by molar-refractivity contribution is -0.136. The number of carbonyl (C=O) groups excluding carboxylic acids is 2. The SMILES string of the molecule is COc1ccc2cc3n(c2c1)C[C@](C)(C(=O)NC1CCCCC1)N([C@@H]1CCCC[C@H]1C)C3=O. The molecule has 2 heterocycles. The van der Waals surface area contributed by atoms with E-state index in [0.717, 1.165) is 61.6 Å². The minimum atomic E-state index is -0.924. The molecule has 0 spiro atoms. The average Bonchev–Trinajstić information content (AvgIpc) is 3.18. The third kappa shape index (κ3) is 3.81. The number of fused-ring (bicyclic) bond motifs is 3. The summed E-state index contributed by atoms with van der Waals surface area (Å²) in [6, 6.07) is 8.19. The van der Waals surface area contributed by atoms with E-state index < -0.39 is 5.54 Å². The average molecular weight is 452 g/mol. The Bertz CT molecular complexity index is 1050. The number of benzene rings is 1. The molecule has 2 saturated carbocycles. The van der Waals surface area contributed by atoms with Crippen molar-refractivity contribution in [2.45, 2.75) is 95.8 Å². The predicted molar refractivity (Wildman–Crippen MR) is 130 cm³/mol. The molecule has 1 aromatic carbocycles. The van der Waals surface area contributed by atoms with E-state index in [1.54, 1.807) is 7.11 Å². The van der Waals surface area contributed by atoms with Gasteiger partial charge in [0.15, 0.2) is 0 Å². The van der Waals surface area contributed by atoms with E-state index >= 15 is 0 Å². The molecule has 0 bridgehead atoms. The summed E-state index contributed by atoms with van der Waals surface area (Å²) in [5.74, 6) is 1.13. The molecule has 2 aliphatic carbocycles. The number of carbonyl (C=O) groups is 2. The van der Waals surface area contributed by atoms with Crippen molar-refractivity contribution < 1.29 is 14.3 Å². The van der Waals surface area contributed by atoms with Gasteiger partial charge in [-0.25, -0.2) is 0 Å². The van der Waals surface area contributed by atoms with Crippen LogP contribution in [0.4, 0.5) is 0 Å². The molecule has 1 N–H and O–H groups in total. The standard InChI is InChI=1S/C27H37N3O3/c1-18-9-7-8-12-22(18)30-25(31)24-15-19-13-14-21(33-3)16-23(19)29(24)17-27(30,2)26(32)28-20-10-5-4-6-11-20/h13-16,18,20,22H,4-12,17H2,1-3H3,(H,28,32)/t18-,22-,27-/m1/s1. The fraction of sp³-hybridized carbons (Fsp3) is 0.630. The maximum absolute atomic E-state index is 14.1. The summed E-state index contributed by atoms with van der Waals surface area (Å²) in [4.78, 5) is 30.0. The topological polar surface area (TPSA) is 63.6 Å². The van der Waals surface area contributed by atoms with Crippen LogP contribution < -0.4 is 10.1 Å². The van der Waals surface area contributed by atoms with E-state index in [1.165, 1.54) is 12.8 Å². The summed E-state index contributed by atoms with van der Waals surface area (Å²) < 4.78 is 7.50. The fourth-order valence-electron chi connectivity index (χ4n) is 6.41. The number of nitrogens with one attached hydrogen (secondary N) is 1. The monoisotopic (exact) mass is 451 g/mol. The first-order chi connectivity index (χ1) is 15.9. The van der Waals surface area contributed by atoms with Gasteiger partial charge in [-0.05, 0) is 56.7 Å². The fourth-order valence-corrected chi connectivity index (χ4v) is 6.41. The Hall–Kier alpha value is -2.50. The van der Waals surface area contributed by atoms with Crippen molar-refractivity contribution in [3.8, 4) is 5.75 Å². The van der Waals surface area contributed by atoms with Crippen LogP contribution in [0.3, 0.4) is 0 Å².